The first kappa shape index (κ1) is 18.8. The highest BCUT2D eigenvalue weighted by Crippen LogP contribution is 2.42. The Bertz CT molecular complexity index is 611. The van der Waals surface area contributed by atoms with Crippen LogP contribution in [0.5, 0.6) is 11.5 Å². The molecule has 6 heteroatoms. The third-order valence-corrected chi connectivity index (χ3v) is 3.70. The molecule has 0 saturated heterocycles. The zero-order valence-corrected chi connectivity index (χ0v) is 14.6. The number of rotatable bonds is 8. The lowest BCUT2D eigenvalue weighted by Crippen LogP contribution is -2.25. The van der Waals surface area contributed by atoms with E-state index in [0.717, 1.165) is 17.5 Å². The number of methoxy groups -OCH3 is 2. The quantitative estimate of drug-likeness (QED) is 0.536. The number of carbonyl (C=O) groups excluding carboxylic acids is 1. The van der Waals surface area contributed by atoms with Crippen molar-refractivity contribution >= 4 is 29.9 Å². The normalized spacial score (nSPS) is 11.4. The molecule has 0 aromatic heterocycles. The molecule has 5 nitrogen and oxygen atoms in total. The van der Waals surface area contributed by atoms with Crippen LogP contribution in [0.15, 0.2) is 35.5 Å². The van der Waals surface area contributed by atoms with Gasteiger partial charge in [-0.25, -0.2) is 0 Å². The molecule has 1 amide bonds. The highest BCUT2D eigenvalue weighted by Gasteiger charge is 2.21. The van der Waals surface area contributed by atoms with Gasteiger partial charge in [-0.05, 0) is 19.4 Å². The molecule has 0 bridgehead atoms. The second-order valence-corrected chi connectivity index (χ2v) is 5.00. The van der Waals surface area contributed by atoms with Gasteiger partial charge in [0.05, 0.1) is 26.5 Å². The Morgan fingerprint density at radius 1 is 1.39 bits per heavy atom. The van der Waals surface area contributed by atoms with Gasteiger partial charge in [-0.3, -0.25) is 9.79 Å². The van der Waals surface area contributed by atoms with Crippen molar-refractivity contribution in [2.75, 3.05) is 25.7 Å². The lowest BCUT2D eigenvalue weighted by atomic mass is 10.1. The first-order valence-corrected chi connectivity index (χ1v) is 7.34. The van der Waals surface area contributed by atoms with Crippen LogP contribution < -0.4 is 14.4 Å². The van der Waals surface area contributed by atoms with Gasteiger partial charge < -0.3 is 14.4 Å². The van der Waals surface area contributed by atoms with Crippen LogP contribution in [0.4, 0.5) is 5.69 Å². The monoisotopic (exact) mass is 336 g/mol. The predicted molar refractivity (Wildman–Crippen MR) is 95.1 cm³/mol. The summed E-state index contributed by atoms with van der Waals surface area (Å²) in [5.41, 5.74) is 2.14. The van der Waals surface area contributed by atoms with Gasteiger partial charge in [0, 0.05) is 24.0 Å². The second-order valence-electron chi connectivity index (χ2n) is 4.63. The lowest BCUT2D eigenvalue weighted by Gasteiger charge is -2.24. The largest absolute Gasteiger partial charge is 0.496 e. The van der Waals surface area contributed by atoms with E-state index in [1.165, 1.54) is 18.2 Å². The summed E-state index contributed by atoms with van der Waals surface area (Å²) < 4.78 is 10.6. The van der Waals surface area contributed by atoms with Gasteiger partial charge >= 0.3 is 0 Å². The molecule has 0 spiro atoms. The van der Waals surface area contributed by atoms with E-state index in [-0.39, 0.29) is 0 Å². The fourth-order valence-electron chi connectivity index (χ4n) is 2.11. The first-order valence-electron chi connectivity index (χ1n) is 6.96. The van der Waals surface area contributed by atoms with Gasteiger partial charge in [-0.1, -0.05) is 24.3 Å². The number of amides is 1. The van der Waals surface area contributed by atoms with Gasteiger partial charge in [-0.2, -0.15) is 0 Å². The van der Waals surface area contributed by atoms with E-state index in [4.69, 9.17) is 21.1 Å². The van der Waals surface area contributed by atoms with Crippen LogP contribution in [0.2, 0.25) is 5.02 Å². The third kappa shape index (κ3) is 4.36. The highest BCUT2D eigenvalue weighted by molar-refractivity contribution is 6.35. The van der Waals surface area contributed by atoms with Crippen LogP contribution in [-0.2, 0) is 4.79 Å². The summed E-state index contributed by atoms with van der Waals surface area (Å²) in [4.78, 5) is 17.1. The molecule has 0 unspecified atom stereocenters. The summed E-state index contributed by atoms with van der Waals surface area (Å²) in [7, 11) is 3.07. The van der Waals surface area contributed by atoms with Crippen molar-refractivity contribution in [3.8, 4) is 11.5 Å². The smallest absolute Gasteiger partial charge is 0.214 e. The average Bonchev–Trinajstić information content (AvgIpc) is 2.57. The van der Waals surface area contributed by atoms with Crippen LogP contribution >= 0.6 is 11.6 Å². The molecule has 23 heavy (non-hydrogen) atoms. The maximum atomic E-state index is 11.6. The van der Waals surface area contributed by atoms with Crippen molar-refractivity contribution in [2.24, 2.45) is 4.99 Å². The van der Waals surface area contributed by atoms with Crippen LogP contribution in [0.25, 0.3) is 0 Å². The number of benzene rings is 1. The molecule has 0 aliphatic carbocycles. The van der Waals surface area contributed by atoms with Crippen molar-refractivity contribution in [3.05, 3.63) is 41.1 Å². The molecule has 0 aliphatic rings. The van der Waals surface area contributed by atoms with Gasteiger partial charge in [0.25, 0.3) is 0 Å². The minimum absolute atomic E-state index is 0.314. The van der Waals surface area contributed by atoms with Crippen LogP contribution in [0.1, 0.15) is 12.5 Å². The van der Waals surface area contributed by atoms with E-state index < -0.39 is 0 Å². The minimum atomic E-state index is 0.314. The number of anilines is 1. The van der Waals surface area contributed by atoms with Gasteiger partial charge in [0.2, 0.25) is 6.41 Å². The molecule has 0 heterocycles. The summed E-state index contributed by atoms with van der Waals surface area (Å²) in [6, 6.07) is 1.69. The number of hydrogen-bond acceptors (Lipinski definition) is 4. The second kappa shape index (κ2) is 9.00. The molecule has 0 fully saturated rings. The third-order valence-electron chi connectivity index (χ3n) is 3.33. The van der Waals surface area contributed by atoms with Crippen molar-refractivity contribution in [2.45, 2.75) is 13.8 Å². The van der Waals surface area contributed by atoms with Crippen molar-refractivity contribution < 1.29 is 14.3 Å². The summed E-state index contributed by atoms with van der Waals surface area (Å²) in [6.45, 7) is 7.55. The zero-order chi connectivity index (χ0) is 17.4. The molecular weight excluding hydrogens is 316 g/mol. The van der Waals surface area contributed by atoms with E-state index in [9.17, 15) is 4.79 Å². The molecule has 1 aromatic carbocycles. The number of carbonyl (C=O) groups is 1. The standard InChI is InChI=1S/C17H21ClN2O3/c1-6-13(9-19-7-2)10-20(11-21)17-12(3)14(22-4)8-15(23-5)16(17)18/h6-9,11H,2,10H2,1,3-5H3/b13-6+,19-9-. The maximum absolute atomic E-state index is 11.6. The van der Waals surface area contributed by atoms with Crippen LogP contribution in [0.3, 0.4) is 0 Å². The highest BCUT2D eigenvalue weighted by atomic mass is 35.5. The number of hydrogen-bond donors (Lipinski definition) is 0. The van der Waals surface area contributed by atoms with Crippen molar-refractivity contribution in [1.29, 1.82) is 0 Å². The lowest BCUT2D eigenvalue weighted by molar-refractivity contribution is -0.107. The Morgan fingerprint density at radius 2 is 2.04 bits per heavy atom. The van der Waals surface area contributed by atoms with Gasteiger partial charge in [-0.15, -0.1) is 0 Å². The number of halogens is 1. The average molecular weight is 337 g/mol. The van der Waals surface area contributed by atoms with Crippen LogP contribution in [-0.4, -0.2) is 33.4 Å². The molecule has 0 aliphatic heterocycles. The molecule has 124 valence electrons. The van der Waals surface area contributed by atoms with E-state index >= 15 is 0 Å². The predicted octanol–water partition coefficient (Wildman–Crippen LogP) is 3.79. The Kier molecular flexibility index (Phi) is 7.35. The summed E-state index contributed by atoms with van der Waals surface area (Å²) in [6.07, 6.45) is 5.66. The summed E-state index contributed by atoms with van der Waals surface area (Å²) in [5.74, 6) is 1.03. The van der Waals surface area contributed by atoms with E-state index in [1.54, 1.807) is 19.4 Å². The SMILES string of the molecule is C=C/N=C\C(=C/C)CN(C=O)c1c(C)c(OC)cc(OC)c1Cl. The van der Waals surface area contributed by atoms with Crippen molar-refractivity contribution in [1.82, 2.24) is 0 Å². The van der Waals surface area contributed by atoms with Crippen molar-refractivity contribution in [3.63, 3.8) is 0 Å². The topological polar surface area (TPSA) is 51.1 Å². The Labute approximate surface area is 141 Å². The molecule has 0 radical (unpaired) electrons. The summed E-state index contributed by atoms with van der Waals surface area (Å²) >= 11 is 6.40. The Balaban J connectivity index is 3.37. The number of ether oxygens (including phenoxy) is 2. The molecule has 1 aromatic rings. The number of allylic oxidation sites excluding steroid dienone is 1. The van der Waals surface area contributed by atoms with E-state index in [1.807, 2.05) is 19.9 Å². The first-order chi connectivity index (χ1) is 11.0. The zero-order valence-electron chi connectivity index (χ0n) is 13.8. The fourth-order valence-corrected chi connectivity index (χ4v) is 2.49. The van der Waals surface area contributed by atoms with Gasteiger partial charge in [0.15, 0.2) is 0 Å². The fraction of sp³-hybridized carbons (Fsp3) is 0.294. The number of nitrogens with zero attached hydrogens (tertiary/aromatic N) is 2. The van der Waals surface area contributed by atoms with E-state index in [0.29, 0.717) is 28.8 Å². The van der Waals surface area contributed by atoms with E-state index in [2.05, 4.69) is 11.6 Å². The molecule has 1 rings (SSSR count). The Morgan fingerprint density at radius 3 is 2.52 bits per heavy atom. The molecule has 0 atom stereocenters. The summed E-state index contributed by atoms with van der Waals surface area (Å²) in [5, 5.41) is 0.356. The Hall–Kier alpha value is -2.27. The van der Waals surface area contributed by atoms with Gasteiger partial charge in [0.1, 0.15) is 16.5 Å². The molecule has 0 N–H and O–H groups in total. The van der Waals surface area contributed by atoms with Crippen LogP contribution in [0, 0.1) is 6.92 Å². The molecular formula is C17H21ClN2O3. The number of aliphatic imine (C=N–C) groups is 1. The minimum Gasteiger partial charge on any atom is -0.496 e. The molecule has 0 saturated carbocycles. The maximum Gasteiger partial charge on any atom is 0.214 e.